The summed E-state index contributed by atoms with van der Waals surface area (Å²) in [5.74, 6) is -0.532. The lowest BCUT2D eigenvalue weighted by molar-refractivity contribution is -0.142. The number of carbonyl (C=O) groups excluding carboxylic acids is 1. The van der Waals surface area contributed by atoms with E-state index in [2.05, 4.69) is 15.6 Å². The summed E-state index contributed by atoms with van der Waals surface area (Å²) in [4.78, 5) is 27.6. The smallest absolute Gasteiger partial charge is 0.320 e. The highest BCUT2D eigenvalue weighted by Gasteiger charge is 2.26. The second-order valence-electron chi connectivity index (χ2n) is 6.68. The Bertz CT molecular complexity index is 784. The van der Waals surface area contributed by atoms with Gasteiger partial charge in [-0.25, -0.2) is 9.78 Å². The van der Waals surface area contributed by atoms with E-state index in [0.29, 0.717) is 31.5 Å². The number of aromatic nitrogens is 1. The highest BCUT2D eigenvalue weighted by atomic mass is 16.4. The molecule has 0 spiro atoms. The number of hydrogen-bond donors (Lipinski definition) is 3. The third-order valence-corrected chi connectivity index (χ3v) is 4.82. The molecule has 0 radical (unpaired) electrons. The fourth-order valence-corrected chi connectivity index (χ4v) is 3.38. The Hall–Kier alpha value is -2.89. The van der Waals surface area contributed by atoms with Crippen molar-refractivity contribution in [3.8, 4) is 11.1 Å². The molecule has 2 amide bonds. The number of hydrogen-bond acceptors (Lipinski definition) is 3. The molecule has 1 aliphatic carbocycles. The van der Waals surface area contributed by atoms with Gasteiger partial charge in [0.2, 0.25) is 0 Å². The summed E-state index contributed by atoms with van der Waals surface area (Å²) < 4.78 is 0. The van der Waals surface area contributed by atoms with Crippen LogP contribution < -0.4 is 10.6 Å². The molecule has 136 valence electrons. The van der Waals surface area contributed by atoms with E-state index < -0.39 is 5.97 Å². The summed E-state index contributed by atoms with van der Waals surface area (Å²) in [6, 6.07) is 13.4. The Morgan fingerprint density at radius 1 is 1.04 bits per heavy atom. The molecule has 6 nitrogen and oxygen atoms in total. The number of anilines is 1. The van der Waals surface area contributed by atoms with Crippen molar-refractivity contribution in [1.29, 1.82) is 0 Å². The van der Waals surface area contributed by atoms with Crippen LogP contribution in [0.4, 0.5) is 10.6 Å². The van der Waals surface area contributed by atoms with Gasteiger partial charge in [-0.1, -0.05) is 30.3 Å². The molecule has 1 heterocycles. The number of nitrogens with one attached hydrogen (secondary N) is 2. The first kappa shape index (κ1) is 17.9. The maximum Gasteiger partial charge on any atom is 0.320 e. The molecular weight excluding hydrogens is 330 g/mol. The van der Waals surface area contributed by atoms with Gasteiger partial charge in [-0.2, -0.15) is 0 Å². The largest absolute Gasteiger partial charge is 0.481 e. The number of carboxylic acids is 1. The number of rotatable bonds is 4. The van der Waals surface area contributed by atoms with E-state index in [1.54, 1.807) is 6.07 Å². The summed E-state index contributed by atoms with van der Waals surface area (Å²) in [5.41, 5.74) is 2.96. The molecular formula is C20H23N3O3. The first-order valence-corrected chi connectivity index (χ1v) is 8.86. The fraction of sp³-hybridized carbons (Fsp3) is 0.350. The van der Waals surface area contributed by atoms with E-state index in [4.69, 9.17) is 5.11 Å². The average Bonchev–Trinajstić information content (AvgIpc) is 2.63. The predicted octanol–water partition coefficient (Wildman–Crippen LogP) is 3.82. The van der Waals surface area contributed by atoms with E-state index in [0.717, 1.165) is 16.8 Å². The topological polar surface area (TPSA) is 91.3 Å². The van der Waals surface area contributed by atoms with Gasteiger partial charge in [0.15, 0.2) is 0 Å². The summed E-state index contributed by atoms with van der Waals surface area (Å²) in [6.07, 6.45) is 2.57. The molecule has 0 aliphatic heterocycles. The van der Waals surface area contributed by atoms with Gasteiger partial charge in [0.05, 0.1) is 5.92 Å². The summed E-state index contributed by atoms with van der Waals surface area (Å²) in [5, 5.41) is 14.7. The SMILES string of the molecule is Cc1nc(NC(=O)NC2CCC(C(=O)O)CC2)ccc1-c1ccccc1. The van der Waals surface area contributed by atoms with Crippen molar-refractivity contribution in [1.82, 2.24) is 10.3 Å². The monoisotopic (exact) mass is 353 g/mol. The molecule has 3 N–H and O–H groups in total. The van der Waals surface area contributed by atoms with Crippen molar-refractivity contribution < 1.29 is 14.7 Å². The highest BCUT2D eigenvalue weighted by molar-refractivity contribution is 5.88. The Labute approximate surface area is 152 Å². The molecule has 0 atom stereocenters. The van der Waals surface area contributed by atoms with Gasteiger partial charge in [-0.15, -0.1) is 0 Å². The van der Waals surface area contributed by atoms with Crippen LogP contribution in [0.3, 0.4) is 0 Å². The van der Waals surface area contributed by atoms with E-state index >= 15 is 0 Å². The minimum atomic E-state index is -0.744. The van der Waals surface area contributed by atoms with Gasteiger partial charge in [0.1, 0.15) is 5.82 Å². The van der Waals surface area contributed by atoms with Crippen LogP contribution in [0.5, 0.6) is 0 Å². The van der Waals surface area contributed by atoms with Crippen LogP contribution in [0, 0.1) is 12.8 Å². The number of aliphatic carboxylic acids is 1. The average molecular weight is 353 g/mol. The second kappa shape index (κ2) is 7.99. The molecule has 0 unspecified atom stereocenters. The second-order valence-corrected chi connectivity index (χ2v) is 6.68. The molecule has 6 heteroatoms. The molecule has 26 heavy (non-hydrogen) atoms. The van der Waals surface area contributed by atoms with E-state index in [9.17, 15) is 9.59 Å². The minimum Gasteiger partial charge on any atom is -0.481 e. The van der Waals surface area contributed by atoms with Crippen molar-refractivity contribution in [3.63, 3.8) is 0 Å². The molecule has 1 aromatic heterocycles. The molecule has 2 aromatic rings. The zero-order valence-electron chi connectivity index (χ0n) is 14.7. The number of nitrogens with zero attached hydrogens (tertiary/aromatic N) is 1. The van der Waals surface area contributed by atoms with Crippen LogP contribution in [0.1, 0.15) is 31.4 Å². The zero-order chi connectivity index (χ0) is 18.5. The number of pyridine rings is 1. The normalized spacial score (nSPS) is 19.6. The molecule has 1 aromatic carbocycles. The van der Waals surface area contributed by atoms with Crippen LogP contribution in [-0.2, 0) is 4.79 Å². The van der Waals surface area contributed by atoms with Crippen molar-refractivity contribution >= 4 is 17.8 Å². The van der Waals surface area contributed by atoms with Crippen LogP contribution in [-0.4, -0.2) is 28.1 Å². The summed E-state index contributed by atoms with van der Waals surface area (Å²) >= 11 is 0. The van der Waals surface area contributed by atoms with Gasteiger partial charge >= 0.3 is 12.0 Å². The van der Waals surface area contributed by atoms with E-state index in [1.165, 1.54) is 0 Å². The number of carboxylic acid groups (broad SMARTS) is 1. The number of amides is 2. The van der Waals surface area contributed by atoms with E-state index in [-0.39, 0.29) is 18.0 Å². The Morgan fingerprint density at radius 2 is 1.73 bits per heavy atom. The number of carbonyl (C=O) groups is 2. The Balaban J connectivity index is 1.57. The maximum atomic E-state index is 12.2. The predicted molar refractivity (Wildman–Crippen MR) is 99.9 cm³/mol. The van der Waals surface area contributed by atoms with Crippen molar-refractivity contribution in [2.24, 2.45) is 5.92 Å². The van der Waals surface area contributed by atoms with Crippen LogP contribution in [0.15, 0.2) is 42.5 Å². The number of benzene rings is 1. The fourth-order valence-electron chi connectivity index (χ4n) is 3.38. The third kappa shape index (κ3) is 4.39. The summed E-state index contributed by atoms with van der Waals surface area (Å²) in [7, 11) is 0. The third-order valence-electron chi connectivity index (χ3n) is 4.82. The maximum absolute atomic E-state index is 12.2. The van der Waals surface area contributed by atoms with Crippen molar-refractivity contribution in [3.05, 3.63) is 48.2 Å². The zero-order valence-corrected chi connectivity index (χ0v) is 14.7. The van der Waals surface area contributed by atoms with Crippen LogP contribution in [0.25, 0.3) is 11.1 Å². The van der Waals surface area contributed by atoms with E-state index in [1.807, 2.05) is 43.3 Å². The molecule has 1 saturated carbocycles. The van der Waals surface area contributed by atoms with Gasteiger partial charge in [-0.05, 0) is 50.3 Å². The van der Waals surface area contributed by atoms with Gasteiger partial charge in [-0.3, -0.25) is 10.1 Å². The van der Waals surface area contributed by atoms with Gasteiger partial charge < -0.3 is 10.4 Å². The molecule has 0 bridgehead atoms. The minimum absolute atomic E-state index is 0.00953. The first-order valence-electron chi connectivity index (χ1n) is 8.86. The van der Waals surface area contributed by atoms with Crippen LogP contribution in [0.2, 0.25) is 0 Å². The summed E-state index contributed by atoms with van der Waals surface area (Å²) in [6.45, 7) is 1.92. The number of aryl methyl sites for hydroxylation is 1. The Kier molecular flexibility index (Phi) is 5.51. The molecule has 1 aliphatic rings. The first-order chi connectivity index (χ1) is 12.5. The molecule has 3 rings (SSSR count). The number of urea groups is 1. The lowest BCUT2D eigenvalue weighted by atomic mass is 9.86. The molecule has 1 fully saturated rings. The van der Waals surface area contributed by atoms with Gasteiger partial charge in [0.25, 0.3) is 0 Å². The quantitative estimate of drug-likeness (QED) is 0.779. The van der Waals surface area contributed by atoms with Crippen molar-refractivity contribution in [2.45, 2.75) is 38.6 Å². The lowest BCUT2D eigenvalue weighted by Crippen LogP contribution is -2.41. The molecule has 0 saturated heterocycles. The highest BCUT2D eigenvalue weighted by Crippen LogP contribution is 2.25. The van der Waals surface area contributed by atoms with Crippen LogP contribution >= 0.6 is 0 Å². The van der Waals surface area contributed by atoms with Crippen molar-refractivity contribution in [2.75, 3.05) is 5.32 Å². The van der Waals surface area contributed by atoms with Gasteiger partial charge in [0, 0.05) is 17.3 Å². The Morgan fingerprint density at radius 3 is 2.35 bits per heavy atom. The standard InChI is InChI=1S/C20H23N3O3/c1-13-17(14-5-3-2-4-6-14)11-12-18(21-13)23-20(26)22-16-9-7-15(8-10-16)19(24)25/h2-6,11-12,15-16H,7-10H2,1H3,(H,24,25)(H2,21,22,23,26). The lowest BCUT2D eigenvalue weighted by Gasteiger charge is -2.26.